The molecule has 262 valence electrons. The summed E-state index contributed by atoms with van der Waals surface area (Å²) in [5.74, 6) is 1.99. The van der Waals surface area contributed by atoms with Crippen molar-refractivity contribution < 1.29 is 0 Å². The molecule has 0 atom stereocenters. The van der Waals surface area contributed by atoms with Crippen molar-refractivity contribution >= 4 is 63.0 Å². The van der Waals surface area contributed by atoms with Gasteiger partial charge in [0.05, 0.1) is 0 Å². The molecule has 0 aliphatic rings. The van der Waals surface area contributed by atoms with Crippen LogP contribution in [0.3, 0.4) is 0 Å². The molecule has 0 saturated heterocycles. The van der Waals surface area contributed by atoms with Crippen molar-refractivity contribution in [1.82, 2.24) is 15.0 Å². The minimum Gasteiger partial charge on any atom is -0.208 e. The zero-order valence-electron chi connectivity index (χ0n) is 30.1. The van der Waals surface area contributed by atoms with Crippen LogP contribution in [0.2, 0.25) is 0 Å². The molecule has 0 aliphatic carbocycles. The van der Waals surface area contributed by atoms with E-state index in [1.165, 1.54) is 69.0 Å². The lowest BCUT2D eigenvalue weighted by atomic mass is 9.96. The first-order valence-electron chi connectivity index (χ1n) is 18.7. The number of fused-ring (bicyclic) bond motifs is 6. The number of hydrogen-bond acceptors (Lipinski definition) is 5. The van der Waals surface area contributed by atoms with Crippen LogP contribution in [-0.4, -0.2) is 15.0 Å². The van der Waals surface area contributed by atoms with E-state index in [0.29, 0.717) is 17.5 Å². The fraction of sp³-hybridized carbons (Fsp3) is 0. The molecule has 3 heterocycles. The molecule has 0 fully saturated rings. The zero-order chi connectivity index (χ0) is 37.0. The first kappa shape index (κ1) is 32.6. The van der Waals surface area contributed by atoms with Crippen molar-refractivity contribution in [2.75, 3.05) is 0 Å². The Morgan fingerprint density at radius 1 is 0.286 bits per heavy atom. The monoisotopic (exact) mass is 749 g/mol. The first-order chi connectivity index (χ1) is 27.7. The smallest absolute Gasteiger partial charge is 0.165 e. The third-order valence-corrected chi connectivity index (χ3v) is 13.0. The minimum absolute atomic E-state index is 0.655. The third-order valence-electron chi connectivity index (χ3n) is 10.6. The van der Waals surface area contributed by atoms with Gasteiger partial charge < -0.3 is 0 Å². The standard InChI is InChI=1S/C51H31N3S2/c1-5-14-32(15-6-1)36-24-26-39-40-22-13-23-42(47(40)55-44(39)30-36)50-52-49(35-20-11-4-12-21-35)53-51(54-50)43-29-28-38(34-18-9-3-10-19-34)46-41-27-25-37(31-45(41)56-48(43)46)33-16-7-2-8-17-33/h1-31H. The molecule has 0 bridgehead atoms. The van der Waals surface area contributed by atoms with Crippen molar-refractivity contribution in [2.24, 2.45) is 0 Å². The van der Waals surface area contributed by atoms with E-state index in [1.54, 1.807) is 11.3 Å². The molecule has 0 N–H and O–H groups in total. The van der Waals surface area contributed by atoms with Crippen molar-refractivity contribution in [1.29, 1.82) is 0 Å². The van der Waals surface area contributed by atoms with Gasteiger partial charge in [0.25, 0.3) is 0 Å². The van der Waals surface area contributed by atoms with Gasteiger partial charge in [-0.1, -0.05) is 164 Å². The van der Waals surface area contributed by atoms with Gasteiger partial charge in [0.1, 0.15) is 0 Å². The lowest BCUT2D eigenvalue weighted by Crippen LogP contribution is -2.00. The Hall–Kier alpha value is -6.79. The minimum atomic E-state index is 0.655. The Morgan fingerprint density at radius 3 is 1.39 bits per heavy atom. The highest BCUT2D eigenvalue weighted by Gasteiger charge is 2.21. The van der Waals surface area contributed by atoms with Crippen LogP contribution < -0.4 is 0 Å². The molecular formula is C51H31N3S2. The van der Waals surface area contributed by atoms with Crippen molar-refractivity contribution in [3.8, 4) is 67.5 Å². The normalized spacial score (nSPS) is 11.6. The highest BCUT2D eigenvalue weighted by molar-refractivity contribution is 7.26. The summed E-state index contributed by atoms with van der Waals surface area (Å²) in [4.78, 5) is 15.8. The molecule has 0 aliphatic heterocycles. The number of benzene rings is 8. The van der Waals surface area contributed by atoms with Crippen molar-refractivity contribution in [2.45, 2.75) is 0 Å². The molecule has 11 rings (SSSR count). The Morgan fingerprint density at radius 2 is 0.768 bits per heavy atom. The zero-order valence-corrected chi connectivity index (χ0v) is 31.7. The highest BCUT2D eigenvalue weighted by Crippen LogP contribution is 2.46. The third kappa shape index (κ3) is 5.60. The van der Waals surface area contributed by atoms with E-state index in [-0.39, 0.29) is 0 Å². The molecule has 3 aromatic heterocycles. The van der Waals surface area contributed by atoms with E-state index in [1.807, 2.05) is 29.5 Å². The van der Waals surface area contributed by atoms with Gasteiger partial charge in [0.2, 0.25) is 0 Å². The molecule has 0 spiro atoms. The SMILES string of the molecule is c1ccc(-c2ccc3c(c2)sc2c(-c4nc(-c5ccccc5)nc(-c5ccc(-c6ccccc6)c6c5sc5cc(-c7ccccc7)ccc56)n4)cccc23)cc1. The van der Waals surface area contributed by atoms with Gasteiger partial charge in [0, 0.05) is 57.0 Å². The van der Waals surface area contributed by atoms with Gasteiger partial charge in [-0.2, -0.15) is 0 Å². The fourth-order valence-electron chi connectivity index (χ4n) is 7.84. The molecule has 56 heavy (non-hydrogen) atoms. The molecule has 0 unspecified atom stereocenters. The number of rotatable bonds is 6. The molecule has 5 heteroatoms. The average molecular weight is 750 g/mol. The van der Waals surface area contributed by atoms with Crippen LogP contribution in [0.4, 0.5) is 0 Å². The van der Waals surface area contributed by atoms with Gasteiger partial charge in [-0.3, -0.25) is 0 Å². The number of hydrogen-bond donors (Lipinski definition) is 0. The van der Waals surface area contributed by atoms with E-state index in [4.69, 9.17) is 15.0 Å². The maximum absolute atomic E-state index is 5.36. The van der Waals surface area contributed by atoms with Crippen LogP contribution in [0.5, 0.6) is 0 Å². The molecule has 3 nitrogen and oxygen atoms in total. The summed E-state index contributed by atoms with van der Waals surface area (Å²) in [5.41, 5.74) is 10.2. The summed E-state index contributed by atoms with van der Waals surface area (Å²) < 4.78 is 4.80. The summed E-state index contributed by atoms with van der Waals surface area (Å²) in [5, 5.41) is 4.89. The Kier molecular flexibility index (Phi) is 7.87. The second-order valence-corrected chi connectivity index (χ2v) is 16.0. The van der Waals surface area contributed by atoms with Gasteiger partial charge in [-0.25, -0.2) is 15.0 Å². The molecule has 8 aromatic carbocycles. The van der Waals surface area contributed by atoms with Crippen LogP contribution >= 0.6 is 22.7 Å². The summed E-state index contributed by atoms with van der Waals surface area (Å²) in [6.45, 7) is 0. The predicted octanol–water partition coefficient (Wildman–Crippen LogP) is 14.6. The molecular weight excluding hydrogens is 719 g/mol. The molecule has 0 saturated carbocycles. The van der Waals surface area contributed by atoms with Gasteiger partial charge in [-0.15, -0.1) is 22.7 Å². The lowest BCUT2D eigenvalue weighted by Gasteiger charge is -2.11. The van der Waals surface area contributed by atoms with E-state index >= 15 is 0 Å². The molecule has 0 radical (unpaired) electrons. The number of aromatic nitrogens is 3. The summed E-state index contributed by atoms with van der Waals surface area (Å²) in [7, 11) is 0. The number of thiophene rings is 2. The van der Waals surface area contributed by atoms with E-state index in [9.17, 15) is 0 Å². The highest BCUT2D eigenvalue weighted by atomic mass is 32.1. The van der Waals surface area contributed by atoms with Crippen LogP contribution in [0.1, 0.15) is 0 Å². The molecule has 11 aromatic rings. The van der Waals surface area contributed by atoms with Gasteiger partial charge in [-0.05, 0) is 57.6 Å². The van der Waals surface area contributed by atoms with E-state index < -0.39 is 0 Å². The summed E-state index contributed by atoms with van der Waals surface area (Å²) in [6.07, 6.45) is 0. The Balaban J connectivity index is 1.14. The van der Waals surface area contributed by atoms with Crippen LogP contribution in [0.25, 0.3) is 108 Å². The van der Waals surface area contributed by atoms with Gasteiger partial charge >= 0.3 is 0 Å². The van der Waals surface area contributed by atoms with Crippen LogP contribution in [-0.2, 0) is 0 Å². The van der Waals surface area contributed by atoms with Crippen molar-refractivity contribution in [3.63, 3.8) is 0 Å². The first-order valence-corrected chi connectivity index (χ1v) is 20.3. The van der Waals surface area contributed by atoms with E-state index in [2.05, 4.69) is 170 Å². The Labute approximate surface area is 331 Å². The van der Waals surface area contributed by atoms with E-state index in [0.717, 1.165) is 21.4 Å². The largest absolute Gasteiger partial charge is 0.208 e. The summed E-state index contributed by atoms with van der Waals surface area (Å²) >= 11 is 3.61. The maximum Gasteiger partial charge on any atom is 0.165 e. The quantitative estimate of drug-likeness (QED) is 0.170. The van der Waals surface area contributed by atoms with Gasteiger partial charge in [0.15, 0.2) is 17.5 Å². The van der Waals surface area contributed by atoms with Crippen LogP contribution in [0.15, 0.2) is 188 Å². The maximum atomic E-state index is 5.36. The second-order valence-electron chi connectivity index (χ2n) is 13.9. The van der Waals surface area contributed by atoms with Crippen LogP contribution in [0, 0.1) is 0 Å². The topological polar surface area (TPSA) is 38.7 Å². The average Bonchev–Trinajstić information content (AvgIpc) is 3.85. The second kappa shape index (κ2) is 13.5. The summed E-state index contributed by atoms with van der Waals surface area (Å²) in [6, 6.07) is 66.7. The predicted molar refractivity (Wildman–Crippen MR) is 238 cm³/mol. The van der Waals surface area contributed by atoms with Crippen molar-refractivity contribution in [3.05, 3.63) is 188 Å². The molecule has 0 amide bonds. The lowest BCUT2D eigenvalue weighted by molar-refractivity contribution is 1.08. The Bertz CT molecular complexity index is 3230. The fourth-order valence-corrected chi connectivity index (χ4v) is 10.4. The number of nitrogens with zero attached hydrogens (tertiary/aromatic N) is 3.